The van der Waals surface area contributed by atoms with E-state index in [0.717, 1.165) is 22.2 Å². The lowest BCUT2D eigenvalue weighted by molar-refractivity contribution is 0.101. The fraction of sp³-hybridized carbons (Fsp3) is 0.167. The van der Waals surface area contributed by atoms with Crippen LogP contribution in [0.15, 0.2) is 48.5 Å². The van der Waals surface area contributed by atoms with Crippen LogP contribution in [-0.4, -0.2) is 10.5 Å². The molecule has 0 unspecified atom stereocenters. The zero-order chi connectivity index (χ0) is 15.0. The van der Waals surface area contributed by atoms with E-state index in [2.05, 4.69) is 11.4 Å². The Hall–Kier alpha value is -2.55. The van der Waals surface area contributed by atoms with E-state index in [9.17, 15) is 4.79 Å². The van der Waals surface area contributed by atoms with Crippen molar-refractivity contribution >= 4 is 22.5 Å². The molecule has 3 aromatic rings. The van der Waals surface area contributed by atoms with Crippen molar-refractivity contribution in [1.82, 2.24) is 4.57 Å². The van der Waals surface area contributed by atoms with Gasteiger partial charge in [-0.2, -0.15) is 0 Å². The molecule has 0 atom stereocenters. The van der Waals surface area contributed by atoms with Crippen molar-refractivity contribution in [3.63, 3.8) is 0 Å². The molecule has 0 saturated carbocycles. The molecular formula is C18H18N2O. The lowest BCUT2D eigenvalue weighted by Crippen LogP contribution is -2.16. The van der Waals surface area contributed by atoms with Crippen molar-refractivity contribution in [3.05, 3.63) is 65.4 Å². The summed E-state index contributed by atoms with van der Waals surface area (Å²) < 4.78 is 1.92. The van der Waals surface area contributed by atoms with Gasteiger partial charge in [-0.15, -0.1) is 0 Å². The third-order valence-corrected chi connectivity index (χ3v) is 3.81. The van der Waals surface area contributed by atoms with Crippen LogP contribution < -0.4 is 5.32 Å². The Morgan fingerprint density at radius 1 is 1.05 bits per heavy atom. The second-order valence-corrected chi connectivity index (χ2v) is 5.42. The summed E-state index contributed by atoms with van der Waals surface area (Å²) >= 11 is 0. The minimum atomic E-state index is -0.0827. The number of aromatic nitrogens is 1. The van der Waals surface area contributed by atoms with Gasteiger partial charge in [-0.25, -0.2) is 0 Å². The number of aryl methyl sites for hydroxylation is 3. The molecule has 0 aliphatic rings. The van der Waals surface area contributed by atoms with E-state index in [4.69, 9.17) is 0 Å². The van der Waals surface area contributed by atoms with Gasteiger partial charge >= 0.3 is 0 Å². The first-order valence-corrected chi connectivity index (χ1v) is 6.99. The summed E-state index contributed by atoms with van der Waals surface area (Å²) in [7, 11) is 1.92. The predicted octanol–water partition coefficient (Wildman–Crippen LogP) is 4.05. The second-order valence-electron chi connectivity index (χ2n) is 5.42. The van der Waals surface area contributed by atoms with Crippen LogP contribution in [0.25, 0.3) is 10.9 Å². The van der Waals surface area contributed by atoms with E-state index in [1.807, 2.05) is 67.9 Å². The fourth-order valence-electron chi connectivity index (χ4n) is 2.65. The highest BCUT2D eigenvalue weighted by atomic mass is 16.1. The van der Waals surface area contributed by atoms with E-state index < -0.39 is 0 Å². The Bertz CT molecular complexity index is 830. The fourth-order valence-corrected chi connectivity index (χ4v) is 2.65. The molecule has 21 heavy (non-hydrogen) atoms. The van der Waals surface area contributed by atoms with Crippen LogP contribution in [0.3, 0.4) is 0 Å². The number of para-hydroxylation sites is 1. The highest BCUT2D eigenvalue weighted by Gasteiger charge is 2.13. The molecule has 0 aliphatic carbocycles. The SMILES string of the molecule is Cc1ccc(NC(=O)c2cc3ccccc3n2C)c(C)c1. The molecule has 106 valence electrons. The minimum absolute atomic E-state index is 0.0827. The smallest absolute Gasteiger partial charge is 0.272 e. The maximum atomic E-state index is 12.5. The van der Waals surface area contributed by atoms with Crippen molar-refractivity contribution in [2.45, 2.75) is 13.8 Å². The van der Waals surface area contributed by atoms with Gasteiger partial charge in [0.25, 0.3) is 5.91 Å². The second kappa shape index (κ2) is 5.09. The first-order valence-electron chi connectivity index (χ1n) is 6.99. The molecule has 0 saturated heterocycles. The maximum absolute atomic E-state index is 12.5. The van der Waals surface area contributed by atoms with E-state index in [-0.39, 0.29) is 5.91 Å². The number of carbonyl (C=O) groups is 1. The number of benzene rings is 2. The van der Waals surface area contributed by atoms with Crippen molar-refractivity contribution < 1.29 is 4.79 Å². The highest BCUT2D eigenvalue weighted by molar-refractivity contribution is 6.06. The molecule has 1 N–H and O–H groups in total. The van der Waals surface area contributed by atoms with Crippen LogP contribution in [0.4, 0.5) is 5.69 Å². The van der Waals surface area contributed by atoms with Crippen LogP contribution in [0, 0.1) is 13.8 Å². The largest absolute Gasteiger partial charge is 0.340 e. The summed E-state index contributed by atoms with van der Waals surface area (Å²) in [6, 6.07) is 15.9. The number of hydrogen-bond acceptors (Lipinski definition) is 1. The van der Waals surface area contributed by atoms with Gasteiger partial charge in [-0.3, -0.25) is 4.79 Å². The summed E-state index contributed by atoms with van der Waals surface area (Å²) in [6.45, 7) is 4.05. The molecule has 0 radical (unpaired) electrons. The lowest BCUT2D eigenvalue weighted by atomic mass is 10.1. The molecule has 1 amide bonds. The van der Waals surface area contributed by atoms with Crippen molar-refractivity contribution in [2.75, 3.05) is 5.32 Å². The Morgan fingerprint density at radius 3 is 2.52 bits per heavy atom. The van der Waals surface area contributed by atoms with Crippen LogP contribution in [-0.2, 0) is 7.05 Å². The Labute approximate surface area is 124 Å². The van der Waals surface area contributed by atoms with Gasteiger partial charge in [0, 0.05) is 23.6 Å². The molecule has 3 rings (SSSR count). The molecule has 3 heteroatoms. The van der Waals surface area contributed by atoms with Crippen molar-refractivity contribution in [1.29, 1.82) is 0 Å². The number of carbonyl (C=O) groups excluding carboxylic acids is 1. The topological polar surface area (TPSA) is 34.0 Å². The predicted molar refractivity (Wildman–Crippen MR) is 86.8 cm³/mol. The number of nitrogens with zero attached hydrogens (tertiary/aromatic N) is 1. The summed E-state index contributed by atoms with van der Waals surface area (Å²) in [5.74, 6) is -0.0827. The first kappa shape index (κ1) is 13.4. The molecule has 1 aromatic heterocycles. The standard InChI is InChI=1S/C18H18N2O/c1-12-8-9-15(13(2)10-12)19-18(21)17-11-14-6-4-5-7-16(14)20(17)3/h4-11H,1-3H3,(H,19,21). The number of nitrogens with one attached hydrogen (secondary N) is 1. The Balaban J connectivity index is 1.95. The molecule has 2 aromatic carbocycles. The van der Waals surface area contributed by atoms with Crippen LogP contribution in [0.2, 0.25) is 0 Å². The number of anilines is 1. The molecular weight excluding hydrogens is 260 g/mol. The molecule has 0 aliphatic heterocycles. The molecule has 0 spiro atoms. The quantitative estimate of drug-likeness (QED) is 0.754. The van der Waals surface area contributed by atoms with Gasteiger partial charge in [0.1, 0.15) is 5.69 Å². The Kier molecular flexibility index (Phi) is 3.26. The summed E-state index contributed by atoms with van der Waals surface area (Å²) in [4.78, 5) is 12.5. The van der Waals surface area contributed by atoms with Gasteiger partial charge in [-0.1, -0.05) is 35.9 Å². The highest BCUT2D eigenvalue weighted by Crippen LogP contribution is 2.21. The molecule has 0 fully saturated rings. The van der Waals surface area contributed by atoms with Gasteiger partial charge < -0.3 is 9.88 Å². The minimum Gasteiger partial charge on any atom is -0.340 e. The van der Waals surface area contributed by atoms with E-state index in [1.54, 1.807) is 0 Å². The zero-order valence-corrected chi connectivity index (χ0v) is 12.5. The van der Waals surface area contributed by atoms with Crippen molar-refractivity contribution in [2.24, 2.45) is 7.05 Å². The average Bonchev–Trinajstić information content (AvgIpc) is 2.80. The lowest BCUT2D eigenvalue weighted by Gasteiger charge is -2.10. The first-order chi connectivity index (χ1) is 10.1. The number of rotatable bonds is 2. The normalized spacial score (nSPS) is 10.8. The third-order valence-electron chi connectivity index (χ3n) is 3.81. The Morgan fingerprint density at radius 2 is 1.81 bits per heavy atom. The van der Waals surface area contributed by atoms with E-state index in [1.165, 1.54) is 5.56 Å². The van der Waals surface area contributed by atoms with E-state index in [0.29, 0.717) is 5.69 Å². The molecule has 3 nitrogen and oxygen atoms in total. The van der Waals surface area contributed by atoms with Crippen LogP contribution in [0.5, 0.6) is 0 Å². The molecule has 1 heterocycles. The molecule has 0 bridgehead atoms. The van der Waals surface area contributed by atoms with Crippen LogP contribution in [0.1, 0.15) is 21.6 Å². The summed E-state index contributed by atoms with van der Waals surface area (Å²) in [5, 5.41) is 4.07. The van der Waals surface area contributed by atoms with Crippen molar-refractivity contribution in [3.8, 4) is 0 Å². The number of hydrogen-bond donors (Lipinski definition) is 1. The zero-order valence-electron chi connectivity index (χ0n) is 12.5. The third kappa shape index (κ3) is 2.42. The van der Waals surface area contributed by atoms with Gasteiger partial charge in [-0.05, 0) is 37.6 Å². The van der Waals surface area contributed by atoms with Gasteiger partial charge in [0.05, 0.1) is 0 Å². The van der Waals surface area contributed by atoms with Crippen LogP contribution >= 0.6 is 0 Å². The van der Waals surface area contributed by atoms with E-state index >= 15 is 0 Å². The average molecular weight is 278 g/mol. The van der Waals surface area contributed by atoms with Gasteiger partial charge in [0.15, 0.2) is 0 Å². The number of fused-ring (bicyclic) bond motifs is 1. The number of amides is 1. The van der Waals surface area contributed by atoms with Gasteiger partial charge in [0.2, 0.25) is 0 Å². The summed E-state index contributed by atoms with van der Waals surface area (Å²) in [6.07, 6.45) is 0. The summed E-state index contributed by atoms with van der Waals surface area (Å²) in [5.41, 5.74) is 4.84. The maximum Gasteiger partial charge on any atom is 0.272 e. The monoisotopic (exact) mass is 278 g/mol.